The molecule has 1 nitrogen and oxygen atoms in total. The summed E-state index contributed by atoms with van der Waals surface area (Å²) in [5.74, 6) is 0. The molecule has 0 spiro atoms. The van der Waals surface area contributed by atoms with Crippen LogP contribution in [0, 0.1) is 0 Å². The largest absolute Gasteiger partial charge is 0.239 e. The molecule has 0 fully saturated rings. The van der Waals surface area contributed by atoms with Crippen molar-refractivity contribution in [3.05, 3.63) is 12.7 Å². The molecule has 0 aliphatic carbocycles. The smallest absolute Gasteiger partial charge is 0.162 e. The fraction of sp³-hybridized carbons (Fsp3) is 0.500. The van der Waals surface area contributed by atoms with Gasteiger partial charge in [0.15, 0.2) is 6.21 Å². The van der Waals surface area contributed by atoms with Crippen LogP contribution < -0.4 is 0 Å². The van der Waals surface area contributed by atoms with Gasteiger partial charge < -0.3 is 0 Å². The maximum absolute atomic E-state index is 3.55. The highest BCUT2D eigenvalue weighted by molar-refractivity contribution is 5.64. The predicted octanol–water partition coefficient (Wildman–Crippen LogP) is 0.905. The van der Waals surface area contributed by atoms with E-state index < -0.39 is 0 Å². The van der Waals surface area contributed by atoms with E-state index in [0.717, 1.165) is 6.54 Å². The summed E-state index contributed by atoms with van der Waals surface area (Å²) in [6.45, 7) is 6.70. The maximum Gasteiger partial charge on any atom is 0.162 e. The van der Waals surface area contributed by atoms with Crippen LogP contribution in [0.1, 0.15) is 6.92 Å². The lowest BCUT2D eigenvalue weighted by atomic mass is 10.6. The molecular weight excluding hydrogens is 86.1 g/mol. The lowest BCUT2D eigenvalue weighted by Crippen LogP contribution is -2.03. The summed E-state index contributed by atoms with van der Waals surface area (Å²) in [6.07, 6.45) is 3.73. The first kappa shape index (κ1) is 6.41. The number of hydrogen-bond acceptors (Lipinski definition) is 0. The molecule has 0 rings (SSSR count). The second-order valence-corrected chi connectivity index (χ2v) is 1.46. The Bertz CT molecular complexity index is 82.2. The van der Waals surface area contributed by atoms with Crippen LogP contribution in [0.15, 0.2) is 12.7 Å². The van der Waals surface area contributed by atoms with Gasteiger partial charge in [0.25, 0.3) is 0 Å². The molecule has 0 aromatic rings. The van der Waals surface area contributed by atoms with Gasteiger partial charge in [0, 0.05) is 0 Å². The van der Waals surface area contributed by atoms with Crippen molar-refractivity contribution in [3.63, 3.8) is 0 Å². The molecule has 0 saturated carbocycles. The summed E-state index contributed by atoms with van der Waals surface area (Å²) in [5, 5.41) is 0. The summed E-state index contributed by atoms with van der Waals surface area (Å²) < 4.78 is 2.06. The van der Waals surface area contributed by atoms with Crippen LogP contribution in [-0.2, 0) is 0 Å². The van der Waals surface area contributed by atoms with Crippen LogP contribution in [0.25, 0.3) is 0 Å². The minimum Gasteiger partial charge on any atom is -0.239 e. The second-order valence-electron chi connectivity index (χ2n) is 1.46. The molecule has 40 valence electrons. The lowest BCUT2D eigenvalue weighted by molar-refractivity contribution is -0.487. The number of hydrogen-bond donors (Lipinski definition) is 0. The average molecular weight is 98.2 g/mol. The Morgan fingerprint density at radius 3 is 2.43 bits per heavy atom. The Kier molecular flexibility index (Phi) is 3.29. The monoisotopic (exact) mass is 98.1 g/mol. The molecule has 0 radical (unpaired) electrons. The summed E-state index contributed by atoms with van der Waals surface area (Å²) in [6, 6.07) is 0. The lowest BCUT2D eigenvalue weighted by Gasteiger charge is -1.83. The van der Waals surface area contributed by atoms with E-state index in [1.54, 1.807) is 6.08 Å². The first-order valence-electron chi connectivity index (χ1n) is 2.47. The molecule has 0 heterocycles. The van der Waals surface area contributed by atoms with Gasteiger partial charge >= 0.3 is 0 Å². The third kappa shape index (κ3) is 3.23. The molecule has 0 aromatic heterocycles. The van der Waals surface area contributed by atoms with E-state index in [1.165, 1.54) is 0 Å². The number of nitrogens with zero attached hydrogens (tertiary/aromatic N) is 1. The zero-order valence-corrected chi connectivity index (χ0v) is 5.02. The van der Waals surface area contributed by atoms with Gasteiger partial charge in [-0.15, -0.1) is 0 Å². The quantitative estimate of drug-likeness (QED) is 0.356. The van der Waals surface area contributed by atoms with Gasteiger partial charge in [-0.25, -0.2) is 4.58 Å². The highest BCUT2D eigenvalue weighted by atomic mass is 14.9. The van der Waals surface area contributed by atoms with Crippen LogP contribution in [0.3, 0.4) is 0 Å². The van der Waals surface area contributed by atoms with Crippen molar-refractivity contribution in [3.8, 4) is 0 Å². The standard InChI is InChI=1S/C6H12N/c1-4-6-7(3)5-2/h4,6H,1,5H2,2-3H3/q+1/b7-6-. The Labute approximate surface area is 45.0 Å². The van der Waals surface area contributed by atoms with Crippen LogP contribution in [0.5, 0.6) is 0 Å². The van der Waals surface area contributed by atoms with Crippen molar-refractivity contribution in [2.75, 3.05) is 13.6 Å². The minimum atomic E-state index is 1.05. The van der Waals surface area contributed by atoms with Gasteiger partial charge in [-0.1, -0.05) is 6.58 Å². The topological polar surface area (TPSA) is 3.01 Å². The van der Waals surface area contributed by atoms with Crippen molar-refractivity contribution >= 4 is 6.21 Å². The van der Waals surface area contributed by atoms with E-state index in [0.29, 0.717) is 0 Å². The fourth-order valence-electron chi connectivity index (χ4n) is 0.285. The highest BCUT2D eigenvalue weighted by Gasteiger charge is 1.79. The second kappa shape index (κ2) is 3.59. The Morgan fingerprint density at radius 2 is 2.29 bits per heavy atom. The van der Waals surface area contributed by atoms with Gasteiger partial charge in [-0.05, 0) is 13.0 Å². The Morgan fingerprint density at radius 1 is 1.71 bits per heavy atom. The fourth-order valence-corrected chi connectivity index (χ4v) is 0.285. The average Bonchev–Trinajstić information content (AvgIpc) is 1.68. The van der Waals surface area contributed by atoms with E-state index in [4.69, 9.17) is 0 Å². The van der Waals surface area contributed by atoms with E-state index in [9.17, 15) is 0 Å². The number of allylic oxidation sites excluding steroid dienone is 1. The molecule has 0 aromatic carbocycles. The van der Waals surface area contributed by atoms with Crippen molar-refractivity contribution in [1.29, 1.82) is 0 Å². The Balaban J connectivity index is 3.49. The SMILES string of the molecule is C=C/C=[N+](/C)CC. The van der Waals surface area contributed by atoms with E-state index in [2.05, 4.69) is 18.1 Å². The highest BCUT2D eigenvalue weighted by Crippen LogP contribution is 1.61. The molecular formula is C6H12N+. The summed E-state index contributed by atoms with van der Waals surface area (Å²) >= 11 is 0. The van der Waals surface area contributed by atoms with Crippen molar-refractivity contribution < 1.29 is 4.58 Å². The molecule has 0 aliphatic heterocycles. The van der Waals surface area contributed by atoms with Crippen LogP contribution in [0.2, 0.25) is 0 Å². The molecule has 0 bridgehead atoms. The van der Waals surface area contributed by atoms with Gasteiger partial charge in [0.05, 0.1) is 0 Å². The molecule has 0 saturated heterocycles. The van der Waals surface area contributed by atoms with Crippen molar-refractivity contribution in [1.82, 2.24) is 0 Å². The predicted molar refractivity (Wildman–Crippen MR) is 33.0 cm³/mol. The van der Waals surface area contributed by atoms with Gasteiger partial charge in [0.1, 0.15) is 13.6 Å². The van der Waals surface area contributed by atoms with Gasteiger partial charge in [0.2, 0.25) is 0 Å². The molecule has 0 amide bonds. The first-order valence-corrected chi connectivity index (χ1v) is 2.47. The summed E-state index contributed by atoms with van der Waals surface area (Å²) in [4.78, 5) is 0. The molecule has 1 heteroatoms. The normalized spacial score (nSPS) is 11.4. The summed E-state index contributed by atoms with van der Waals surface area (Å²) in [5.41, 5.74) is 0. The summed E-state index contributed by atoms with van der Waals surface area (Å²) in [7, 11) is 2.02. The maximum atomic E-state index is 3.55. The van der Waals surface area contributed by atoms with Crippen LogP contribution in [0.4, 0.5) is 0 Å². The third-order valence-electron chi connectivity index (χ3n) is 0.859. The van der Waals surface area contributed by atoms with Gasteiger partial charge in [-0.2, -0.15) is 0 Å². The van der Waals surface area contributed by atoms with E-state index in [1.807, 2.05) is 13.3 Å². The van der Waals surface area contributed by atoms with Crippen LogP contribution >= 0.6 is 0 Å². The van der Waals surface area contributed by atoms with Crippen molar-refractivity contribution in [2.24, 2.45) is 0 Å². The minimum absolute atomic E-state index is 1.05. The molecule has 7 heavy (non-hydrogen) atoms. The van der Waals surface area contributed by atoms with E-state index in [-0.39, 0.29) is 0 Å². The molecule has 0 unspecified atom stereocenters. The van der Waals surface area contributed by atoms with Gasteiger partial charge in [-0.3, -0.25) is 0 Å². The van der Waals surface area contributed by atoms with Crippen molar-refractivity contribution in [2.45, 2.75) is 6.92 Å². The zero-order valence-electron chi connectivity index (χ0n) is 5.02. The zero-order chi connectivity index (χ0) is 5.70. The molecule has 0 N–H and O–H groups in total. The first-order chi connectivity index (χ1) is 3.31. The van der Waals surface area contributed by atoms with E-state index >= 15 is 0 Å². The number of rotatable bonds is 2. The third-order valence-corrected chi connectivity index (χ3v) is 0.859. The Hall–Kier alpha value is -0.590. The molecule has 0 aliphatic rings. The van der Waals surface area contributed by atoms with Crippen LogP contribution in [-0.4, -0.2) is 24.4 Å². The molecule has 0 atom stereocenters.